The highest BCUT2D eigenvalue weighted by Crippen LogP contribution is 2.32. The number of Topliss-reactive ketones (excluding diaryl/α,β-unsaturated/α-hetero) is 1. The summed E-state index contributed by atoms with van der Waals surface area (Å²) in [5.74, 6) is -0.914. The van der Waals surface area contributed by atoms with Gasteiger partial charge in [-0.15, -0.1) is 0 Å². The molecule has 0 aliphatic carbocycles. The first-order chi connectivity index (χ1) is 7.82. The van der Waals surface area contributed by atoms with Crippen molar-refractivity contribution in [3.05, 3.63) is 26.8 Å². The quantitative estimate of drug-likeness (QED) is 0.459. The summed E-state index contributed by atoms with van der Waals surface area (Å²) in [5.41, 5.74) is -0.792. The summed E-state index contributed by atoms with van der Waals surface area (Å²) < 4.78 is 53.6. The second kappa shape index (κ2) is 5.65. The van der Waals surface area contributed by atoms with Crippen LogP contribution < -0.4 is 4.74 Å². The number of hydrogen-bond donors (Lipinski definition) is 0. The Kier molecular flexibility index (Phi) is 4.72. The van der Waals surface area contributed by atoms with Crippen molar-refractivity contribution in [3.8, 4) is 5.75 Å². The van der Waals surface area contributed by atoms with Crippen molar-refractivity contribution in [1.82, 2.24) is 0 Å². The normalized spacial score (nSPS) is 11.1. The Morgan fingerprint density at radius 2 is 1.88 bits per heavy atom. The maximum Gasteiger partial charge on any atom is 0.387 e. The van der Waals surface area contributed by atoms with E-state index >= 15 is 0 Å². The molecule has 94 valence electrons. The fourth-order valence-electron chi connectivity index (χ4n) is 1.24. The van der Waals surface area contributed by atoms with E-state index in [0.717, 1.165) is 19.1 Å². The molecule has 0 saturated carbocycles. The molecule has 0 fully saturated rings. The molecule has 0 N–H and O–H groups in total. The zero-order valence-electron chi connectivity index (χ0n) is 8.52. The molecule has 0 radical (unpaired) electrons. The first kappa shape index (κ1) is 14.2. The van der Waals surface area contributed by atoms with E-state index in [2.05, 4.69) is 4.74 Å². The second-order valence-corrected chi connectivity index (χ2v) is 4.27. The Morgan fingerprint density at radius 1 is 1.29 bits per heavy atom. The van der Waals surface area contributed by atoms with Gasteiger partial charge in [-0.05, 0) is 41.6 Å². The predicted molar refractivity (Wildman–Crippen MR) is 60.8 cm³/mol. The first-order valence-corrected chi connectivity index (χ1v) is 5.48. The first-order valence-electron chi connectivity index (χ1n) is 4.40. The molecule has 1 rings (SSSR count). The second-order valence-electron chi connectivity index (χ2n) is 3.11. The maximum absolute atomic E-state index is 12.6. The molecular weight excluding hydrogens is 355 g/mol. The topological polar surface area (TPSA) is 26.3 Å². The minimum absolute atomic E-state index is 0.178. The standard InChI is InChI=1S/C10H7F4IO2/c1-4(16)5-2-7(15)8(17-10(13)14)3-6(5)9(11)12/h2-3,9-10H,1H3. The van der Waals surface area contributed by atoms with Gasteiger partial charge in [0, 0.05) is 11.1 Å². The molecule has 0 aliphatic heterocycles. The molecule has 1 aromatic carbocycles. The molecular formula is C10H7F4IO2. The van der Waals surface area contributed by atoms with Crippen molar-refractivity contribution in [3.63, 3.8) is 0 Å². The summed E-state index contributed by atoms with van der Waals surface area (Å²) in [5, 5.41) is 0. The Balaban J connectivity index is 3.29. The molecule has 1 aromatic rings. The predicted octanol–water partition coefficient (Wildman–Crippen LogP) is 4.03. The van der Waals surface area contributed by atoms with E-state index in [0.29, 0.717) is 0 Å². The van der Waals surface area contributed by atoms with Crippen molar-refractivity contribution >= 4 is 28.4 Å². The summed E-state index contributed by atoms with van der Waals surface area (Å²) in [6.07, 6.45) is -2.93. The molecule has 0 saturated heterocycles. The third-order valence-electron chi connectivity index (χ3n) is 1.93. The van der Waals surface area contributed by atoms with Crippen LogP contribution in [0, 0.1) is 3.57 Å². The van der Waals surface area contributed by atoms with E-state index in [1.165, 1.54) is 0 Å². The van der Waals surface area contributed by atoms with Gasteiger partial charge < -0.3 is 4.74 Å². The largest absolute Gasteiger partial charge is 0.434 e. The van der Waals surface area contributed by atoms with Crippen molar-refractivity contribution in [2.75, 3.05) is 0 Å². The van der Waals surface area contributed by atoms with E-state index in [9.17, 15) is 22.4 Å². The lowest BCUT2D eigenvalue weighted by molar-refractivity contribution is -0.0506. The number of benzene rings is 1. The smallest absolute Gasteiger partial charge is 0.387 e. The highest BCUT2D eigenvalue weighted by atomic mass is 127. The molecule has 0 heterocycles. The Labute approximate surface area is 108 Å². The van der Waals surface area contributed by atoms with Gasteiger partial charge in [0.2, 0.25) is 0 Å². The van der Waals surface area contributed by atoms with Crippen LogP contribution in [0.1, 0.15) is 29.3 Å². The van der Waals surface area contributed by atoms with Gasteiger partial charge in [-0.25, -0.2) is 8.78 Å². The van der Waals surface area contributed by atoms with Gasteiger partial charge >= 0.3 is 6.61 Å². The minimum atomic E-state index is -3.10. The van der Waals surface area contributed by atoms with Crippen LogP contribution in [0.4, 0.5) is 17.6 Å². The van der Waals surface area contributed by atoms with Crippen LogP contribution >= 0.6 is 22.6 Å². The summed E-state index contributed by atoms with van der Waals surface area (Å²) in [6.45, 7) is -1.97. The maximum atomic E-state index is 12.6. The number of ether oxygens (including phenoxy) is 1. The van der Waals surface area contributed by atoms with Crippen molar-refractivity contribution < 1.29 is 27.1 Å². The third-order valence-corrected chi connectivity index (χ3v) is 2.78. The van der Waals surface area contributed by atoms with Crippen LogP contribution in [-0.4, -0.2) is 12.4 Å². The van der Waals surface area contributed by atoms with Gasteiger partial charge in [0.25, 0.3) is 6.43 Å². The van der Waals surface area contributed by atoms with Gasteiger partial charge in [0.15, 0.2) is 5.78 Å². The summed E-state index contributed by atoms with van der Waals surface area (Å²) >= 11 is 1.64. The lowest BCUT2D eigenvalue weighted by Crippen LogP contribution is -2.07. The Hall–Kier alpha value is -0.860. The van der Waals surface area contributed by atoms with Crippen molar-refractivity contribution in [2.24, 2.45) is 0 Å². The molecule has 2 nitrogen and oxygen atoms in total. The fourth-order valence-corrected chi connectivity index (χ4v) is 1.84. The van der Waals surface area contributed by atoms with E-state index in [1.54, 1.807) is 22.6 Å². The minimum Gasteiger partial charge on any atom is -0.434 e. The highest BCUT2D eigenvalue weighted by molar-refractivity contribution is 14.1. The number of carbonyl (C=O) groups is 1. The SMILES string of the molecule is CC(=O)c1cc(I)c(OC(F)F)cc1C(F)F. The zero-order valence-corrected chi connectivity index (χ0v) is 10.7. The van der Waals surface area contributed by atoms with E-state index in [1.807, 2.05) is 0 Å². The number of ketones is 1. The van der Waals surface area contributed by atoms with Crippen LogP contribution in [0.2, 0.25) is 0 Å². The van der Waals surface area contributed by atoms with Gasteiger partial charge in [-0.3, -0.25) is 4.79 Å². The van der Waals surface area contributed by atoms with Crippen LogP contribution in [0.25, 0.3) is 0 Å². The Morgan fingerprint density at radius 3 is 2.29 bits per heavy atom. The number of carbonyl (C=O) groups excluding carboxylic acids is 1. The molecule has 0 bridgehead atoms. The van der Waals surface area contributed by atoms with E-state index in [4.69, 9.17) is 0 Å². The van der Waals surface area contributed by atoms with Gasteiger partial charge in [-0.1, -0.05) is 0 Å². The van der Waals surface area contributed by atoms with Gasteiger partial charge in [-0.2, -0.15) is 8.78 Å². The van der Waals surface area contributed by atoms with Crippen LogP contribution in [-0.2, 0) is 0 Å². The molecule has 0 aromatic heterocycles. The van der Waals surface area contributed by atoms with Gasteiger partial charge in [0.05, 0.1) is 3.57 Å². The lowest BCUT2D eigenvalue weighted by atomic mass is 10.0. The highest BCUT2D eigenvalue weighted by Gasteiger charge is 2.20. The zero-order chi connectivity index (χ0) is 13.2. The van der Waals surface area contributed by atoms with Crippen LogP contribution in [0.3, 0.4) is 0 Å². The van der Waals surface area contributed by atoms with Crippen LogP contribution in [0.15, 0.2) is 12.1 Å². The summed E-state index contributed by atoms with van der Waals surface area (Å²) in [7, 11) is 0. The van der Waals surface area contributed by atoms with Crippen LogP contribution in [0.5, 0.6) is 5.75 Å². The molecule has 0 spiro atoms. The molecule has 17 heavy (non-hydrogen) atoms. The average Bonchev–Trinajstić information content (AvgIpc) is 2.19. The molecule has 0 amide bonds. The van der Waals surface area contributed by atoms with E-state index < -0.39 is 24.4 Å². The molecule has 0 aliphatic rings. The average molecular weight is 362 g/mol. The van der Waals surface area contributed by atoms with Crippen molar-refractivity contribution in [2.45, 2.75) is 20.0 Å². The monoisotopic (exact) mass is 362 g/mol. The number of hydrogen-bond acceptors (Lipinski definition) is 2. The number of alkyl halides is 4. The molecule has 0 unspecified atom stereocenters. The fraction of sp³-hybridized carbons (Fsp3) is 0.300. The Bertz CT molecular complexity index is 435. The van der Waals surface area contributed by atoms with Gasteiger partial charge in [0.1, 0.15) is 5.75 Å². The number of halogens is 5. The third kappa shape index (κ3) is 3.55. The van der Waals surface area contributed by atoms with Crippen molar-refractivity contribution in [1.29, 1.82) is 0 Å². The molecule has 0 atom stereocenters. The number of rotatable bonds is 4. The summed E-state index contributed by atoms with van der Waals surface area (Å²) in [4.78, 5) is 11.1. The van der Waals surface area contributed by atoms with E-state index in [-0.39, 0.29) is 14.9 Å². The molecule has 7 heteroatoms. The summed E-state index contributed by atoms with van der Waals surface area (Å²) in [6, 6.07) is 1.89. The lowest BCUT2D eigenvalue weighted by Gasteiger charge is -2.12.